The van der Waals surface area contributed by atoms with Crippen LogP contribution < -0.4 is 0 Å². The van der Waals surface area contributed by atoms with Gasteiger partial charge < -0.3 is 19.3 Å². The lowest BCUT2D eigenvalue weighted by Gasteiger charge is -2.38. The second-order valence-electron chi connectivity index (χ2n) is 8.88. The van der Waals surface area contributed by atoms with Crippen LogP contribution in [0, 0.1) is 11.8 Å². The predicted octanol–water partition coefficient (Wildman–Crippen LogP) is 2.40. The fraction of sp³-hybridized carbons (Fsp3) is 0.750. The molecular formula is C20H32N4O6. The highest BCUT2D eigenvalue weighted by Gasteiger charge is 2.41. The highest BCUT2D eigenvalue weighted by atomic mass is 16.5. The fourth-order valence-electron chi connectivity index (χ4n) is 3.39. The van der Waals surface area contributed by atoms with Crippen molar-refractivity contribution in [1.82, 2.24) is 19.9 Å². The first-order valence-electron chi connectivity index (χ1n) is 10.3. The number of imide groups is 1. The van der Waals surface area contributed by atoms with Gasteiger partial charge >= 0.3 is 17.9 Å². The average molecular weight is 424 g/mol. The van der Waals surface area contributed by atoms with Gasteiger partial charge in [-0.1, -0.05) is 46.7 Å². The Morgan fingerprint density at radius 3 is 2.47 bits per heavy atom. The Bertz CT molecular complexity index is 770. The van der Waals surface area contributed by atoms with Gasteiger partial charge in [0.1, 0.15) is 0 Å². The van der Waals surface area contributed by atoms with E-state index in [1.54, 1.807) is 0 Å². The van der Waals surface area contributed by atoms with E-state index < -0.39 is 35.3 Å². The van der Waals surface area contributed by atoms with Crippen molar-refractivity contribution in [3.8, 4) is 0 Å². The van der Waals surface area contributed by atoms with Crippen LogP contribution in [0.1, 0.15) is 64.5 Å². The summed E-state index contributed by atoms with van der Waals surface area (Å²) in [5, 5.41) is 13.2. The third-order valence-electron chi connectivity index (χ3n) is 5.01. The number of ether oxygens (including phenoxy) is 1. The van der Waals surface area contributed by atoms with Gasteiger partial charge in [-0.2, -0.15) is 4.98 Å². The average Bonchev–Trinajstić information content (AvgIpc) is 3.16. The lowest BCUT2D eigenvalue weighted by Crippen LogP contribution is -2.54. The van der Waals surface area contributed by atoms with E-state index in [0.29, 0.717) is 12.2 Å². The molecular weight excluding hydrogens is 392 g/mol. The monoisotopic (exact) mass is 424 g/mol. The summed E-state index contributed by atoms with van der Waals surface area (Å²) in [6, 6.07) is 0. The van der Waals surface area contributed by atoms with E-state index in [0.717, 1.165) is 4.90 Å². The molecule has 1 N–H and O–H groups in total. The molecule has 1 fully saturated rings. The van der Waals surface area contributed by atoms with Gasteiger partial charge in [0.05, 0.1) is 25.2 Å². The van der Waals surface area contributed by atoms with E-state index in [4.69, 9.17) is 9.26 Å². The maximum absolute atomic E-state index is 13.4. The molecule has 0 radical (unpaired) electrons. The van der Waals surface area contributed by atoms with Gasteiger partial charge in [0.15, 0.2) is 5.82 Å². The van der Waals surface area contributed by atoms with Crippen molar-refractivity contribution in [2.24, 2.45) is 11.8 Å². The fourth-order valence-corrected chi connectivity index (χ4v) is 3.39. The van der Waals surface area contributed by atoms with Crippen LogP contribution in [0.5, 0.6) is 0 Å². The molecule has 1 aliphatic rings. The molecule has 1 aromatic heterocycles. The summed E-state index contributed by atoms with van der Waals surface area (Å²) in [5.41, 5.74) is -0.404. The van der Waals surface area contributed by atoms with Crippen molar-refractivity contribution in [2.45, 2.75) is 59.5 Å². The molecule has 2 rings (SSSR count). The van der Waals surface area contributed by atoms with Crippen LogP contribution >= 0.6 is 0 Å². The first kappa shape index (κ1) is 23.8. The number of hydrogen-bond acceptors (Lipinski definition) is 7. The topological polar surface area (TPSA) is 126 Å². The number of rotatable bonds is 6. The summed E-state index contributed by atoms with van der Waals surface area (Å²) in [7, 11) is 0. The van der Waals surface area contributed by atoms with Gasteiger partial charge in [0, 0.05) is 18.5 Å². The summed E-state index contributed by atoms with van der Waals surface area (Å²) in [6.45, 7) is 12.0. The zero-order valence-corrected chi connectivity index (χ0v) is 18.5. The summed E-state index contributed by atoms with van der Waals surface area (Å²) >= 11 is 0. The molecule has 0 spiro atoms. The minimum Gasteiger partial charge on any atom is -0.465 e. The number of carboxylic acid groups (broad SMARTS) is 1. The van der Waals surface area contributed by atoms with Crippen LogP contribution in [-0.4, -0.2) is 75.3 Å². The van der Waals surface area contributed by atoms with E-state index in [-0.39, 0.29) is 38.0 Å². The molecule has 2 heterocycles. The largest absolute Gasteiger partial charge is 0.465 e. The van der Waals surface area contributed by atoms with Crippen LogP contribution in [0.2, 0.25) is 0 Å². The Balaban J connectivity index is 2.29. The normalized spacial score (nSPS) is 18.4. The van der Waals surface area contributed by atoms with Crippen LogP contribution in [0.3, 0.4) is 0 Å². The Morgan fingerprint density at radius 2 is 1.97 bits per heavy atom. The smallest absolute Gasteiger partial charge is 0.407 e. The zero-order valence-electron chi connectivity index (χ0n) is 18.5. The minimum absolute atomic E-state index is 0.0762. The molecule has 1 saturated heterocycles. The Morgan fingerprint density at radius 1 is 1.30 bits per heavy atom. The number of carbonyl (C=O) groups is 3. The number of morpholine rings is 1. The van der Waals surface area contributed by atoms with Crippen LogP contribution in [0.4, 0.5) is 4.79 Å². The van der Waals surface area contributed by atoms with Crippen molar-refractivity contribution >= 4 is 17.9 Å². The predicted molar refractivity (Wildman–Crippen MR) is 107 cm³/mol. The first-order valence-corrected chi connectivity index (χ1v) is 10.3. The third-order valence-corrected chi connectivity index (χ3v) is 5.01. The van der Waals surface area contributed by atoms with E-state index >= 15 is 0 Å². The zero-order chi connectivity index (χ0) is 22.6. The van der Waals surface area contributed by atoms with E-state index in [1.807, 2.05) is 41.5 Å². The summed E-state index contributed by atoms with van der Waals surface area (Å²) < 4.78 is 10.9. The maximum Gasteiger partial charge on any atom is 0.407 e. The highest BCUT2D eigenvalue weighted by molar-refractivity contribution is 6.03. The molecule has 0 aromatic carbocycles. The SMILES string of the molecule is CCCN(C(=O)c1nc(C(C)(C)C)no1)C(=O)C(C(C)C)C1CN(C(=O)O)CCO1. The second-order valence-corrected chi connectivity index (χ2v) is 8.88. The second kappa shape index (κ2) is 9.55. The molecule has 0 bridgehead atoms. The lowest BCUT2D eigenvalue weighted by atomic mass is 9.87. The van der Waals surface area contributed by atoms with Crippen molar-refractivity contribution in [3.63, 3.8) is 0 Å². The van der Waals surface area contributed by atoms with E-state index in [2.05, 4.69) is 10.1 Å². The minimum atomic E-state index is -1.06. The Hall–Kier alpha value is -2.49. The van der Waals surface area contributed by atoms with Gasteiger partial charge in [-0.3, -0.25) is 14.5 Å². The summed E-state index contributed by atoms with van der Waals surface area (Å²) in [5.74, 6) is -1.79. The molecule has 1 aliphatic heterocycles. The molecule has 3 amide bonds. The quantitative estimate of drug-likeness (QED) is 0.738. The van der Waals surface area contributed by atoms with Gasteiger partial charge in [-0.05, 0) is 12.3 Å². The van der Waals surface area contributed by atoms with Crippen LogP contribution in [0.25, 0.3) is 0 Å². The molecule has 10 heteroatoms. The first-order chi connectivity index (χ1) is 14.0. The molecule has 0 saturated carbocycles. The third kappa shape index (κ3) is 5.35. The summed E-state index contributed by atoms with van der Waals surface area (Å²) in [4.78, 5) is 44.4. The molecule has 0 aliphatic carbocycles. The van der Waals surface area contributed by atoms with E-state index in [1.165, 1.54) is 4.90 Å². The van der Waals surface area contributed by atoms with Crippen LogP contribution in [-0.2, 0) is 14.9 Å². The van der Waals surface area contributed by atoms with Crippen molar-refractivity contribution in [3.05, 3.63) is 11.7 Å². The standard InChI is InChI=1S/C20H32N4O6/c1-7-8-24(17(26)15-21-18(22-30-15)20(4,5)6)16(25)14(12(2)3)13-11-23(19(27)28)9-10-29-13/h12-14H,7-11H2,1-6H3,(H,27,28). The van der Waals surface area contributed by atoms with Crippen molar-refractivity contribution in [2.75, 3.05) is 26.2 Å². The molecule has 1 aromatic rings. The summed E-state index contributed by atoms with van der Waals surface area (Å²) in [6.07, 6.45) is -1.14. The van der Waals surface area contributed by atoms with Crippen molar-refractivity contribution < 1.29 is 28.8 Å². The number of carbonyl (C=O) groups excluding carboxylic acids is 2. The Kier molecular flexibility index (Phi) is 7.57. The molecule has 10 nitrogen and oxygen atoms in total. The van der Waals surface area contributed by atoms with Gasteiger partial charge in [-0.15, -0.1) is 0 Å². The molecule has 30 heavy (non-hydrogen) atoms. The molecule has 168 valence electrons. The molecule has 2 unspecified atom stereocenters. The number of hydrogen-bond donors (Lipinski definition) is 1. The lowest BCUT2D eigenvalue weighted by molar-refractivity contribution is -0.144. The number of nitrogens with zero attached hydrogens (tertiary/aromatic N) is 4. The highest BCUT2D eigenvalue weighted by Crippen LogP contribution is 2.26. The number of amides is 3. The van der Waals surface area contributed by atoms with Crippen LogP contribution in [0.15, 0.2) is 4.52 Å². The Labute approximate surface area is 176 Å². The van der Waals surface area contributed by atoms with Gasteiger partial charge in [0.2, 0.25) is 5.91 Å². The number of aromatic nitrogens is 2. The maximum atomic E-state index is 13.4. The molecule has 2 atom stereocenters. The van der Waals surface area contributed by atoms with Gasteiger partial charge in [0.25, 0.3) is 0 Å². The van der Waals surface area contributed by atoms with E-state index in [9.17, 15) is 19.5 Å². The van der Waals surface area contributed by atoms with Gasteiger partial charge in [-0.25, -0.2) is 4.79 Å². The van der Waals surface area contributed by atoms with Crippen molar-refractivity contribution in [1.29, 1.82) is 0 Å².